The van der Waals surface area contributed by atoms with Crippen LogP contribution < -0.4 is 11.1 Å². The van der Waals surface area contributed by atoms with E-state index in [1.165, 1.54) is 0 Å². The van der Waals surface area contributed by atoms with Gasteiger partial charge in [-0.05, 0) is 5.56 Å². The Hall–Kier alpha value is -1.55. The number of oxime groups is 1. The van der Waals surface area contributed by atoms with Crippen LogP contribution in [-0.4, -0.2) is 23.6 Å². The zero-order chi connectivity index (χ0) is 12.0. The van der Waals surface area contributed by atoms with Crippen LogP contribution in [-0.2, 0) is 0 Å². The third kappa shape index (κ3) is 3.55. The highest BCUT2D eigenvalue weighted by molar-refractivity contribution is 5.87. The SMILES string of the molecule is CC(C)NCC(C(N)=NO)c1ccccc1. The summed E-state index contributed by atoms with van der Waals surface area (Å²) in [6.45, 7) is 4.79. The highest BCUT2D eigenvalue weighted by Crippen LogP contribution is 2.14. The van der Waals surface area contributed by atoms with E-state index in [0.717, 1.165) is 5.56 Å². The molecule has 0 spiro atoms. The van der Waals surface area contributed by atoms with Gasteiger partial charge in [0.15, 0.2) is 0 Å². The lowest BCUT2D eigenvalue weighted by atomic mass is 9.98. The number of amidine groups is 1. The Balaban J connectivity index is 2.80. The van der Waals surface area contributed by atoms with Gasteiger partial charge in [-0.3, -0.25) is 0 Å². The molecule has 1 rings (SSSR count). The number of nitrogens with zero attached hydrogens (tertiary/aromatic N) is 1. The van der Waals surface area contributed by atoms with Crippen LogP contribution in [0.15, 0.2) is 35.5 Å². The molecule has 0 fully saturated rings. The molecule has 88 valence electrons. The van der Waals surface area contributed by atoms with Gasteiger partial charge in [0.1, 0.15) is 5.84 Å². The zero-order valence-corrected chi connectivity index (χ0v) is 9.72. The van der Waals surface area contributed by atoms with Gasteiger partial charge in [-0.2, -0.15) is 0 Å². The minimum Gasteiger partial charge on any atom is -0.409 e. The fraction of sp³-hybridized carbons (Fsp3) is 0.417. The summed E-state index contributed by atoms with van der Waals surface area (Å²) in [5.41, 5.74) is 6.74. The molecule has 0 saturated carbocycles. The van der Waals surface area contributed by atoms with E-state index in [4.69, 9.17) is 10.9 Å². The Morgan fingerprint density at radius 1 is 1.38 bits per heavy atom. The average molecular weight is 221 g/mol. The van der Waals surface area contributed by atoms with Crippen molar-refractivity contribution in [3.63, 3.8) is 0 Å². The van der Waals surface area contributed by atoms with Gasteiger partial charge in [0.2, 0.25) is 0 Å². The number of benzene rings is 1. The monoisotopic (exact) mass is 221 g/mol. The van der Waals surface area contributed by atoms with Crippen molar-refractivity contribution in [2.45, 2.75) is 25.8 Å². The van der Waals surface area contributed by atoms with Crippen molar-refractivity contribution in [1.82, 2.24) is 5.32 Å². The van der Waals surface area contributed by atoms with Crippen molar-refractivity contribution in [2.75, 3.05) is 6.54 Å². The Bertz CT molecular complexity index is 335. The molecule has 0 radical (unpaired) electrons. The Labute approximate surface area is 96.2 Å². The maximum atomic E-state index is 8.77. The summed E-state index contributed by atoms with van der Waals surface area (Å²) < 4.78 is 0. The first-order chi connectivity index (χ1) is 7.65. The van der Waals surface area contributed by atoms with Crippen LogP contribution in [0.1, 0.15) is 25.3 Å². The van der Waals surface area contributed by atoms with Gasteiger partial charge in [0, 0.05) is 12.6 Å². The van der Waals surface area contributed by atoms with E-state index >= 15 is 0 Å². The first-order valence-electron chi connectivity index (χ1n) is 5.41. The van der Waals surface area contributed by atoms with Crippen molar-refractivity contribution < 1.29 is 5.21 Å². The molecule has 0 aliphatic rings. The molecule has 4 heteroatoms. The molecule has 0 heterocycles. The van der Waals surface area contributed by atoms with Gasteiger partial charge < -0.3 is 16.3 Å². The van der Waals surface area contributed by atoms with Crippen molar-refractivity contribution in [1.29, 1.82) is 0 Å². The maximum absolute atomic E-state index is 8.77. The predicted octanol–water partition coefficient (Wildman–Crippen LogP) is 1.51. The molecule has 0 bridgehead atoms. The van der Waals surface area contributed by atoms with Gasteiger partial charge in [0.25, 0.3) is 0 Å². The first-order valence-corrected chi connectivity index (χ1v) is 5.41. The van der Waals surface area contributed by atoms with Crippen LogP contribution in [0, 0.1) is 0 Å². The summed E-state index contributed by atoms with van der Waals surface area (Å²) in [4.78, 5) is 0. The zero-order valence-electron chi connectivity index (χ0n) is 9.72. The molecule has 4 nitrogen and oxygen atoms in total. The number of nitrogens with two attached hydrogens (primary N) is 1. The molecular formula is C12H19N3O. The van der Waals surface area contributed by atoms with Crippen molar-refractivity contribution >= 4 is 5.84 Å². The molecule has 0 aliphatic carbocycles. The van der Waals surface area contributed by atoms with Crippen molar-refractivity contribution in [2.24, 2.45) is 10.9 Å². The second-order valence-electron chi connectivity index (χ2n) is 4.05. The summed E-state index contributed by atoms with van der Waals surface area (Å²) in [5.74, 6) is 0.146. The second kappa shape index (κ2) is 6.12. The number of hydrogen-bond acceptors (Lipinski definition) is 3. The van der Waals surface area contributed by atoms with Crippen LogP contribution in [0.5, 0.6) is 0 Å². The molecule has 1 aromatic carbocycles. The molecule has 4 N–H and O–H groups in total. The van der Waals surface area contributed by atoms with E-state index in [-0.39, 0.29) is 11.8 Å². The lowest BCUT2D eigenvalue weighted by Crippen LogP contribution is -2.34. The average Bonchev–Trinajstić information content (AvgIpc) is 2.30. The van der Waals surface area contributed by atoms with Crippen molar-refractivity contribution in [3.8, 4) is 0 Å². The van der Waals surface area contributed by atoms with Crippen LogP contribution in [0.4, 0.5) is 0 Å². The highest BCUT2D eigenvalue weighted by Gasteiger charge is 2.16. The van der Waals surface area contributed by atoms with Crippen LogP contribution in [0.2, 0.25) is 0 Å². The summed E-state index contributed by atoms with van der Waals surface area (Å²) in [6.07, 6.45) is 0. The van der Waals surface area contributed by atoms with E-state index in [1.54, 1.807) is 0 Å². The van der Waals surface area contributed by atoms with E-state index in [1.807, 2.05) is 30.3 Å². The molecular weight excluding hydrogens is 202 g/mol. The third-order valence-electron chi connectivity index (χ3n) is 2.40. The maximum Gasteiger partial charge on any atom is 0.147 e. The van der Waals surface area contributed by atoms with Gasteiger partial charge in [-0.1, -0.05) is 49.3 Å². The van der Waals surface area contributed by atoms with Gasteiger partial charge in [0.05, 0.1) is 5.92 Å². The smallest absolute Gasteiger partial charge is 0.147 e. The fourth-order valence-electron chi connectivity index (χ4n) is 1.50. The minimum atomic E-state index is -0.0893. The molecule has 0 aromatic heterocycles. The molecule has 16 heavy (non-hydrogen) atoms. The minimum absolute atomic E-state index is 0.0893. The van der Waals surface area contributed by atoms with Crippen LogP contribution >= 0.6 is 0 Å². The van der Waals surface area contributed by atoms with Crippen LogP contribution in [0.3, 0.4) is 0 Å². The topological polar surface area (TPSA) is 70.6 Å². The lowest BCUT2D eigenvalue weighted by molar-refractivity contribution is 0.315. The Kier molecular flexibility index (Phi) is 4.79. The summed E-state index contributed by atoms with van der Waals surface area (Å²) >= 11 is 0. The van der Waals surface area contributed by atoms with E-state index in [0.29, 0.717) is 12.6 Å². The number of hydrogen-bond donors (Lipinski definition) is 3. The van der Waals surface area contributed by atoms with E-state index in [9.17, 15) is 0 Å². The van der Waals surface area contributed by atoms with Crippen molar-refractivity contribution in [3.05, 3.63) is 35.9 Å². The van der Waals surface area contributed by atoms with E-state index in [2.05, 4.69) is 24.3 Å². The number of nitrogens with one attached hydrogen (secondary N) is 1. The second-order valence-corrected chi connectivity index (χ2v) is 4.05. The largest absolute Gasteiger partial charge is 0.409 e. The first kappa shape index (κ1) is 12.5. The lowest BCUT2D eigenvalue weighted by Gasteiger charge is -2.18. The molecule has 0 aliphatic heterocycles. The summed E-state index contributed by atoms with van der Waals surface area (Å²) in [7, 11) is 0. The number of rotatable bonds is 5. The predicted molar refractivity (Wildman–Crippen MR) is 65.7 cm³/mol. The van der Waals surface area contributed by atoms with Gasteiger partial charge in [-0.15, -0.1) is 0 Å². The molecule has 0 amide bonds. The quantitative estimate of drug-likeness (QED) is 0.305. The summed E-state index contributed by atoms with van der Waals surface area (Å²) in [6, 6.07) is 10.2. The third-order valence-corrected chi connectivity index (χ3v) is 2.40. The summed E-state index contributed by atoms with van der Waals surface area (Å²) in [5, 5.41) is 15.2. The Morgan fingerprint density at radius 3 is 2.50 bits per heavy atom. The molecule has 0 saturated heterocycles. The van der Waals surface area contributed by atoms with Gasteiger partial charge in [-0.25, -0.2) is 0 Å². The van der Waals surface area contributed by atoms with E-state index < -0.39 is 0 Å². The van der Waals surface area contributed by atoms with Crippen LogP contribution in [0.25, 0.3) is 0 Å². The highest BCUT2D eigenvalue weighted by atomic mass is 16.4. The molecule has 1 unspecified atom stereocenters. The van der Waals surface area contributed by atoms with Gasteiger partial charge >= 0.3 is 0 Å². The standard InChI is InChI=1S/C12H19N3O/c1-9(2)14-8-11(12(13)15-16)10-6-4-3-5-7-10/h3-7,9,11,14,16H,8H2,1-2H3,(H2,13,15). The molecule has 1 atom stereocenters. The Morgan fingerprint density at radius 2 is 2.00 bits per heavy atom. The fourth-order valence-corrected chi connectivity index (χ4v) is 1.50. The normalized spacial score (nSPS) is 14.1. The molecule has 1 aromatic rings.